The Labute approximate surface area is 150 Å². The number of benzene rings is 2. The van der Waals surface area contributed by atoms with Crippen molar-refractivity contribution in [3.05, 3.63) is 63.1 Å². The van der Waals surface area contributed by atoms with Crippen molar-refractivity contribution in [2.45, 2.75) is 4.90 Å². The molecular formula is C16H11BrFNO5S. The summed E-state index contributed by atoms with van der Waals surface area (Å²) in [6.07, 6.45) is 0. The van der Waals surface area contributed by atoms with Crippen molar-refractivity contribution < 1.29 is 22.1 Å². The summed E-state index contributed by atoms with van der Waals surface area (Å²) >= 11 is 3.30. The highest BCUT2D eigenvalue weighted by molar-refractivity contribution is 9.10. The normalized spacial score (nSPS) is 11.7. The Bertz CT molecular complexity index is 1160. The molecule has 1 aromatic heterocycles. The summed E-state index contributed by atoms with van der Waals surface area (Å²) in [7, 11) is -3.30. The summed E-state index contributed by atoms with van der Waals surface area (Å²) in [5.41, 5.74) is 0.0467. The van der Waals surface area contributed by atoms with Crippen molar-refractivity contribution in [2.75, 3.05) is 7.11 Å². The molecule has 0 aliphatic carbocycles. The number of hydrogen-bond acceptors (Lipinski definition) is 4. The van der Waals surface area contributed by atoms with Gasteiger partial charge >= 0.3 is 0 Å². The van der Waals surface area contributed by atoms with Gasteiger partial charge in [0.1, 0.15) is 16.5 Å². The molecule has 0 aliphatic heterocycles. The molecule has 25 heavy (non-hydrogen) atoms. The van der Waals surface area contributed by atoms with Crippen LogP contribution in [0.5, 0.6) is 5.75 Å². The van der Waals surface area contributed by atoms with Crippen molar-refractivity contribution in [3.8, 4) is 11.4 Å². The van der Waals surface area contributed by atoms with Crippen LogP contribution in [0.4, 0.5) is 4.39 Å². The van der Waals surface area contributed by atoms with Gasteiger partial charge in [-0.05, 0) is 30.3 Å². The van der Waals surface area contributed by atoms with Crippen LogP contribution < -0.4 is 10.3 Å². The lowest BCUT2D eigenvalue weighted by molar-refractivity contribution is 0.412. The molecule has 1 heterocycles. The Kier molecular flexibility index (Phi) is 4.40. The first-order valence-corrected chi connectivity index (χ1v) is 9.12. The monoisotopic (exact) mass is 427 g/mol. The minimum absolute atomic E-state index is 0.137. The van der Waals surface area contributed by atoms with Gasteiger partial charge in [-0.1, -0.05) is 15.9 Å². The topological polar surface area (TPSA) is 85.6 Å². The predicted octanol–water partition coefficient (Wildman–Crippen LogP) is 3.15. The van der Waals surface area contributed by atoms with Gasteiger partial charge in [0.15, 0.2) is 0 Å². The zero-order valence-corrected chi connectivity index (χ0v) is 15.1. The molecule has 0 unspecified atom stereocenters. The average molecular weight is 428 g/mol. The molecule has 6 nitrogen and oxygen atoms in total. The van der Waals surface area contributed by atoms with E-state index in [2.05, 4.69) is 15.9 Å². The van der Waals surface area contributed by atoms with Gasteiger partial charge in [-0.15, -0.1) is 0 Å². The summed E-state index contributed by atoms with van der Waals surface area (Å²) in [6.45, 7) is 0. The molecule has 3 aromatic rings. The van der Waals surface area contributed by atoms with Crippen molar-refractivity contribution in [3.63, 3.8) is 0 Å². The van der Waals surface area contributed by atoms with Crippen LogP contribution in [0.15, 0.2) is 56.6 Å². The Morgan fingerprint density at radius 1 is 1.16 bits per heavy atom. The summed E-state index contributed by atoms with van der Waals surface area (Å²) in [5, 5.41) is 0.263. The Balaban J connectivity index is 2.43. The quantitative estimate of drug-likeness (QED) is 0.648. The molecule has 2 aromatic carbocycles. The fourth-order valence-corrected chi connectivity index (χ4v) is 3.44. The third kappa shape index (κ3) is 3.17. The number of halogens is 2. The van der Waals surface area contributed by atoms with Crippen molar-refractivity contribution in [2.24, 2.45) is 0 Å². The van der Waals surface area contributed by atoms with E-state index in [1.54, 1.807) is 18.2 Å². The largest absolute Gasteiger partial charge is 0.495 e. The second kappa shape index (κ2) is 6.25. The lowest BCUT2D eigenvalue weighted by atomic mass is 10.2. The Morgan fingerprint density at radius 2 is 1.88 bits per heavy atom. The molecule has 0 radical (unpaired) electrons. The first-order chi connectivity index (χ1) is 11.7. The molecule has 1 N–H and O–H groups in total. The third-order valence-electron chi connectivity index (χ3n) is 3.61. The van der Waals surface area contributed by atoms with Crippen LogP contribution in [0.3, 0.4) is 0 Å². The fraction of sp³-hybridized carbons (Fsp3) is 0.0625. The molecule has 0 saturated heterocycles. The molecular weight excluding hydrogens is 417 g/mol. The number of pyridine rings is 1. The van der Waals surface area contributed by atoms with E-state index in [4.69, 9.17) is 9.29 Å². The van der Waals surface area contributed by atoms with Crippen LogP contribution in [0, 0.1) is 5.82 Å². The van der Waals surface area contributed by atoms with Crippen molar-refractivity contribution >= 4 is 37.0 Å². The van der Waals surface area contributed by atoms with E-state index in [-0.39, 0.29) is 10.9 Å². The highest BCUT2D eigenvalue weighted by Crippen LogP contribution is 2.29. The highest BCUT2D eigenvalue weighted by Gasteiger charge is 2.19. The fourth-order valence-electron chi connectivity index (χ4n) is 2.52. The van der Waals surface area contributed by atoms with E-state index < -0.39 is 26.4 Å². The molecule has 0 fully saturated rings. The first kappa shape index (κ1) is 17.6. The minimum Gasteiger partial charge on any atom is -0.495 e. The van der Waals surface area contributed by atoms with Crippen LogP contribution in [0.1, 0.15) is 0 Å². The van der Waals surface area contributed by atoms with Gasteiger partial charge in [0.05, 0.1) is 18.3 Å². The number of ether oxygens (including phenoxy) is 1. The maximum atomic E-state index is 14.2. The first-order valence-electron chi connectivity index (χ1n) is 6.89. The standard InChI is InChI=1S/C16H11BrFNO5S/c1-24-14-7-10(17)3-4-12(14)19-13-8-11(18)15(25(21,22)23)6-9(13)2-5-16(19)20/h2-8H,1H3,(H,21,22,23). The minimum atomic E-state index is -4.72. The Morgan fingerprint density at radius 3 is 2.52 bits per heavy atom. The second-order valence-electron chi connectivity index (χ2n) is 5.14. The Hall–Kier alpha value is -2.23. The summed E-state index contributed by atoms with van der Waals surface area (Å²) in [5.74, 6) is -0.798. The average Bonchev–Trinajstić information content (AvgIpc) is 2.54. The molecule has 9 heteroatoms. The van der Waals surface area contributed by atoms with Gasteiger partial charge in [0.2, 0.25) is 0 Å². The third-order valence-corrected chi connectivity index (χ3v) is 4.97. The van der Waals surface area contributed by atoms with Gasteiger partial charge in [-0.2, -0.15) is 8.42 Å². The van der Waals surface area contributed by atoms with E-state index in [9.17, 15) is 17.6 Å². The highest BCUT2D eigenvalue weighted by atomic mass is 79.9. The number of nitrogens with zero attached hydrogens (tertiary/aromatic N) is 1. The SMILES string of the molecule is COc1cc(Br)ccc1-n1c(=O)ccc2cc(S(=O)(=O)O)c(F)cc21. The number of rotatable bonds is 3. The second-order valence-corrected chi connectivity index (χ2v) is 7.45. The molecule has 0 spiro atoms. The maximum Gasteiger partial charge on any atom is 0.297 e. The van der Waals surface area contributed by atoms with E-state index in [1.165, 1.54) is 23.8 Å². The van der Waals surface area contributed by atoms with Crippen LogP contribution in [0.2, 0.25) is 0 Å². The van der Waals surface area contributed by atoms with E-state index in [0.717, 1.165) is 16.6 Å². The van der Waals surface area contributed by atoms with Crippen molar-refractivity contribution in [1.29, 1.82) is 0 Å². The molecule has 130 valence electrons. The number of methoxy groups -OCH3 is 1. The van der Waals surface area contributed by atoms with Crippen LogP contribution in [-0.4, -0.2) is 24.6 Å². The van der Waals surface area contributed by atoms with Crippen LogP contribution >= 0.6 is 15.9 Å². The van der Waals surface area contributed by atoms with Gasteiger partial charge in [-0.3, -0.25) is 13.9 Å². The zero-order chi connectivity index (χ0) is 18.4. The maximum absolute atomic E-state index is 14.2. The van der Waals surface area contributed by atoms with Crippen molar-refractivity contribution in [1.82, 2.24) is 4.57 Å². The molecule has 0 bridgehead atoms. The van der Waals surface area contributed by atoms with Gasteiger partial charge in [-0.25, -0.2) is 4.39 Å². The molecule has 3 rings (SSSR count). The predicted molar refractivity (Wildman–Crippen MR) is 93.6 cm³/mol. The number of hydrogen-bond donors (Lipinski definition) is 1. The van der Waals surface area contributed by atoms with Gasteiger partial charge in [0, 0.05) is 22.0 Å². The summed E-state index contributed by atoms with van der Waals surface area (Å²) < 4.78 is 53.1. The smallest absolute Gasteiger partial charge is 0.297 e. The van der Waals surface area contributed by atoms with E-state index in [1.807, 2.05) is 0 Å². The lowest BCUT2D eigenvalue weighted by Crippen LogP contribution is -2.18. The van der Waals surface area contributed by atoms with Gasteiger partial charge in [0.25, 0.3) is 15.7 Å². The number of fused-ring (bicyclic) bond motifs is 1. The number of aromatic nitrogens is 1. The summed E-state index contributed by atoms with van der Waals surface area (Å²) in [4.78, 5) is 11.5. The molecule has 0 aliphatic rings. The zero-order valence-electron chi connectivity index (χ0n) is 12.7. The van der Waals surface area contributed by atoms with Crippen LogP contribution in [-0.2, 0) is 10.1 Å². The molecule has 0 saturated carbocycles. The van der Waals surface area contributed by atoms with E-state index >= 15 is 0 Å². The molecule has 0 atom stereocenters. The summed E-state index contributed by atoms with van der Waals surface area (Å²) in [6, 6.07) is 9.37. The van der Waals surface area contributed by atoms with Crippen LogP contribution in [0.25, 0.3) is 16.6 Å². The molecule has 0 amide bonds. The lowest BCUT2D eigenvalue weighted by Gasteiger charge is -2.14. The van der Waals surface area contributed by atoms with E-state index in [0.29, 0.717) is 11.4 Å². The van der Waals surface area contributed by atoms with Gasteiger partial charge < -0.3 is 4.74 Å².